The van der Waals surface area contributed by atoms with E-state index in [4.69, 9.17) is 5.73 Å². The van der Waals surface area contributed by atoms with Crippen molar-refractivity contribution in [2.45, 2.75) is 44.2 Å². The molecule has 0 saturated carbocycles. The summed E-state index contributed by atoms with van der Waals surface area (Å²) in [7, 11) is 0. The number of aromatic nitrogens is 2. The molecule has 2 aromatic heterocycles. The molecule has 1 amide bonds. The Morgan fingerprint density at radius 2 is 2.03 bits per heavy atom. The third kappa shape index (κ3) is 5.26. The number of nitrogens with zero attached hydrogens (tertiary/aromatic N) is 3. The number of hydrogen-bond donors (Lipinski definition) is 3. The zero-order valence-electron chi connectivity index (χ0n) is 18.9. The molecule has 0 radical (unpaired) electrons. The first-order valence-electron chi connectivity index (χ1n) is 11.4. The van der Waals surface area contributed by atoms with Crippen molar-refractivity contribution in [2.75, 3.05) is 31.5 Å². The number of anilines is 1. The number of carbonyl (C=O) groups is 1. The molecule has 3 aromatic rings. The van der Waals surface area contributed by atoms with E-state index in [0.717, 1.165) is 11.3 Å². The molecule has 9 heteroatoms. The topological polar surface area (TPSA) is 113 Å². The molecule has 1 aromatic carbocycles. The highest BCUT2D eigenvalue weighted by molar-refractivity contribution is 7.17. The van der Waals surface area contributed by atoms with E-state index in [9.17, 15) is 14.7 Å². The van der Waals surface area contributed by atoms with E-state index in [1.165, 1.54) is 22.2 Å². The summed E-state index contributed by atoms with van der Waals surface area (Å²) < 4.78 is 2.05. The van der Waals surface area contributed by atoms with Gasteiger partial charge in [-0.3, -0.25) is 14.2 Å². The number of likely N-dealkylation sites (tertiary alicyclic amines) is 1. The van der Waals surface area contributed by atoms with Crippen molar-refractivity contribution >= 4 is 33.1 Å². The SMILES string of the molecule is C[C@H](CC(=O)N1CCC(O)(Cn2cnc3c(NCCN)csc3c2=O)CC1)c1ccccc1. The van der Waals surface area contributed by atoms with Crippen molar-refractivity contribution in [3.05, 3.63) is 58.0 Å². The zero-order valence-corrected chi connectivity index (χ0v) is 19.7. The van der Waals surface area contributed by atoms with Crippen LogP contribution in [0.4, 0.5) is 5.69 Å². The van der Waals surface area contributed by atoms with E-state index in [2.05, 4.69) is 17.2 Å². The molecule has 3 heterocycles. The summed E-state index contributed by atoms with van der Waals surface area (Å²) in [6.45, 7) is 4.29. The van der Waals surface area contributed by atoms with Crippen molar-refractivity contribution < 1.29 is 9.90 Å². The predicted octanol–water partition coefficient (Wildman–Crippen LogP) is 2.38. The summed E-state index contributed by atoms with van der Waals surface area (Å²) in [5.74, 6) is 0.246. The summed E-state index contributed by atoms with van der Waals surface area (Å²) in [4.78, 5) is 32.0. The molecular formula is C24H31N5O3S. The smallest absolute Gasteiger partial charge is 0.271 e. The van der Waals surface area contributed by atoms with Crippen LogP contribution in [0.15, 0.2) is 46.8 Å². The second kappa shape index (κ2) is 10.0. The Hall–Kier alpha value is -2.75. The Bertz CT molecular complexity index is 1150. The van der Waals surface area contributed by atoms with Gasteiger partial charge in [0.05, 0.1) is 24.2 Å². The van der Waals surface area contributed by atoms with Crippen LogP contribution >= 0.6 is 11.3 Å². The summed E-state index contributed by atoms with van der Waals surface area (Å²) in [5.41, 5.74) is 6.93. The van der Waals surface area contributed by atoms with Gasteiger partial charge in [-0.2, -0.15) is 0 Å². The summed E-state index contributed by atoms with van der Waals surface area (Å²) in [5, 5.41) is 16.2. The lowest BCUT2D eigenvalue weighted by molar-refractivity contribution is -0.136. The molecule has 1 aliphatic rings. The molecule has 33 heavy (non-hydrogen) atoms. The fourth-order valence-corrected chi connectivity index (χ4v) is 5.25. The maximum absolute atomic E-state index is 13.0. The lowest BCUT2D eigenvalue weighted by atomic mass is 9.90. The van der Waals surface area contributed by atoms with Crippen LogP contribution in [0.3, 0.4) is 0 Å². The molecule has 8 nitrogen and oxygen atoms in total. The van der Waals surface area contributed by atoms with Crippen LogP contribution in [0.25, 0.3) is 10.2 Å². The third-order valence-corrected chi connectivity index (χ3v) is 7.32. The van der Waals surface area contributed by atoms with Gasteiger partial charge < -0.3 is 21.1 Å². The number of amides is 1. The van der Waals surface area contributed by atoms with E-state index < -0.39 is 5.60 Å². The molecule has 1 fully saturated rings. The number of fused-ring (bicyclic) bond motifs is 1. The highest BCUT2D eigenvalue weighted by Gasteiger charge is 2.35. The number of carbonyl (C=O) groups excluding carboxylic acids is 1. The first-order valence-corrected chi connectivity index (χ1v) is 12.2. The van der Waals surface area contributed by atoms with E-state index >= 15 is 0 Å². The maximum atomic E-state index is 13.0. The van der Waals surface area contributed by atoms with Crippen LogP contribution in [-0.4, -0.2) is 57.2 Å². The number of hydrogen-bond acceptors (Lipinski definition) is 7. The van der Waals surface area contributed by atoms with Crippen molar-refractivity contribution in [1.82, 2.24) is 14.5 Å². The van der Waals surface area contributed by atoms with Gasteiger partial charge in [0.2, 0.25) is 5.91 Å². The lowest BCUT2D eigenvalue weighted by Crippen LogP contribution is -2.49. The van der Waals surface area contributed by atoms with Crippen molar-refractivity contribution in [3.63, 3.8) is 0 Å². The molecule has 0 bridgehead atoms. The van der Waals surface area contributed by atoms with Gasteiger partial charge in [-0.25, -0.2) is 4.98 Å². The molecule has 1 saturated heterocycles. The molecule has 1 atom stereocenters. The van der Waals surface area contributed by atoms with Gasteiger partial charge in [0.15, 0.2) is 0 Å². The average molecular weight is 470 g/mol. The fraction of sp³-hybridized carbons (Fsp3) is 0.458. The maximum Gasteiger partial charge on any atom is 0.271 e. The van der Waals surface area contributed by atoms with Crippen molar-refractivity contribution in [1.29, 1.82) is 0 Å². The first kappa shape index (κ1) is 23.4. The second-order valence-electron chi connectivity index (χ2n) is 8.84. The Morgan fingerprint density at radius 3 is 2.73 bits per heavy atom. The molecule has 1 aliphatic heterocycles. The quantitative estimate of drug-likeness (QED) is 0.467. The van der Waals surface area contributed by atoms with Crippen LogP contribution in [0.1, 0.15) is 37.7 Å². The Balaban J connectivity index is 1.37. The number of nitrogens with one attached hydrogen (secondary N) is 1. The van der Waals surface area contributed by atoms with E-state index in [1.54, 1.807) is 0 Å². The monoisotopic (exact) mass is 469 g/mol. The number of thiophene rings is 1. The van der Waals surface area contributed by atoms with Crippen molar-refractivity contribution in [2.24, 2.45) is 5.73 Å². The van der Waals surface area contributed by atoms with Gasteiger partial charge in [-0.1, -0.05) is 37.3 Å². The zero-order chi connectivity index (χ0) is 23.4. The first-order chi connectivity index (χ1) is 15.9. The van der Waals surface area contributed by atoms with Crippen molar-refractivity contribution in [3.8, 4) is 0 Å². The molecule has 176 valence electrons. The minimum absolute atomic E-state index is 0.102. The molecule has 0 unspecified atom stereocenters. The standard InChI is InChI=1S/C24H31N5O3S/c1-17(18-5-3-2-4-6-18)13-20(30)28-11-7-24(32,8-12-28)15-29-16-27-21-19(26-10-9-25)14-33-22(21)23(29)31/h2-6,14,16-17,26,32H,7-13,15,25H2,1H3/t17-/m1/s1. The second-order valence-corrected chi connectivity index (χ2v) is 9.72. The largest absolute Gasteiger partial charge is 0.388 e. The molecule has 4 N–H and O–H groups in total. The molecule has 0 spiro atoms. The summed E-state index contributed by atoms with van der Waals surface area (Å²) >= 11 is 1.34. The van der Waals surface area contributed by atoms with Gasteiger partial charge in [-0.05, 0) is 24.3 Å². The minimum atomic E-state index is -1.04. The third-order valence-electron chi connectivity index (χ3n) is 6.37. The van der Waals surface area contributed by atoms with Gasteiger partial charge in [-0.15, -0.1) is 11.3 Å². The summed E-state index contributed by atoms with van der Waals surface area (Å²) in [6.07, 6.45) is 2.80. The highest BCUT2D eigenvalue weighted by Crippen LogP contribution is 2.28. The lowest BCUT2D eigenvalue weighted by Gasteiger charge is -2.38. The normalized spacial score (nSPS) is 16.6. The fourth-order valence-electron chi connectivity index (χ4n) is 4.32. The van der Waals surface area contributed by atoms with Gasteiger partial charge in [0, 0.05) is 38.0 Å². The summed E-state index contributed by atoms with van der Waals surface area (Å²) in [6, 6.07) is 10.0. The number of aliphatic hydroxyl groups is 1. The Labute approximate surface area is 197 Å². The van der Waals surface area contributed by atoms with E-state index in [-0.39, 0.29) is 23.9 Å². The number of benzene rings is 1. The highest BCUT2D eigenvalue weighted by atomic mass is 32.1. The van der Waals surface area contributed by atoms with Crippen LogP contribution in [0.2, 0.25) is 0 Å². The van der Waals surface area contributed by atoms with Crippen LogP contribution in [0, 0.1) is 0 Å². The Kier molecular flexibility index (Phi) is 7.11. The van der Waals surface area contributed by atoms with E-state index in [0.29, 0.717) is 55.7 Å². The average Bonchev–Trinajstić information content (AvgIpc) is 3.24. The Morgan fingerprint density at radius 1 is 1.30 bits per heavy atom. The molecule has 0 aliphatic carbocycles. The predicted molar refractivity (Wildman–Crippen MR) is 132 cm³/mol. The van der Waals surface area contributed by atoms with Gasteiger partial charge in [0.1, 0.15) is 10.2 Å². The van der Waals surface area contributed by atoms with Crippen LogP contribution in [-0.2, 0) is 11.3 Å². The molecular weight excluding hydrogens is 438 g/mol. The van der Waals surface area contributed by atoms with Gasteiger partial charge >= 0.3 is 0 Å². The number of nitrogens with two attached hydrogens (primary N) is 1. The number of rotatable bonds is 8. The van der Waals surface area contributed by atoms with E-state index in [1.807, 2.05) is 40.6 Å². The van der Waals surface area contributed by atoms with Crippen LogP contribution in [0.5, 0.6) is 0 Å². The number of piperidine rings is 1. The van der Waals surface area contributed by atoms with Crippen LogP contribution < -0.4 is 16.6 Å². The molecule has 4 rings (SSSR count). The van der Waals surface area contributed by atoms with Gasteiger partial charge in [0.25, 0.3) is 5.56 Å². The minimum Gasteiger partial charge on any atom is -0.388 e.